The van der Waals surface area contributed by atoms with Crippen molar-refractivity contribution in [3.63, 3.8) is 0 Å². The van der Waals surface area contributed by atoms with Crippen LogP contribution in [-0.4, -0.2) is 41.7 Å². The van der Waals surface area contributed by atoms with Crippen LogP contribution in [0.2, 0.25) is 0 Å². The van der Waals surface area contributed by atoms with Crippen LogP contribution in [0.5, 0.6) is 17.4 Å². The van der Waals surface area contributed by atoms with E-state index in [0.717, 1.165) is 25.7 Å². The summed E-state index contributed by atoms with van der Waals surface area (Å²) in [6, 6.07) is 7.42. The second-order valence-corrected chi connectivity index (χ2v) is 6.14. The summed E-state index contributed by atoms with van der Waals surface area (Å²) < 4.78 is 16.6. The van der Waals surface area contributed by atoms with E-state index in [1.165, 1.54) is 0 Å². The number of carbonyl (C=O) groups is 1. The fourth-order valence-electron chi connectivity index (χ4n) is 2.99. The lowest BCUT2D eigenvalue weighted by Crippen LogP contribution is -2.41. The molecule has 2 aromatic rings. The van der Waals surface area contributed by atoms with Crippen LogP contribution in [0.3, 0.4) is 0 Å². The molecule has 1 aromatic carbocycles. The molecule has 0 radical (unpaired) electrons. The van der Waals surface area contributed by atoms with E-state index in [-0.39, 0.29) is 24.7 Å². The summed E-state index contributed by atoms with van der Waals surface area (Å²) in [7, 11) is 1.57. The molecule has 7 nitrogen and oxygen atoms in total. The summed E-state index contributed by atoms with van der Waals surface area (Å²) in [5.41, 5.74) is 0. The number of rotatable bonds is 7. The van der Waals surface area contributed by atoms with E-state index in [1.807, 2.05) is 12.1 Å². The van der Waals surface area contributed by atoms with E-state index in [2.05, 4.69) is 15.3 Å². The molecule has 1 fully saturated rings. The van der Waals surface area contributed by atoms with Gasteiger partial charge in [0.25, 0.3) is 5.91 Å². The summed E-state index contributed by atoms with van der Waals surface area (Å²) >= 11 is 0. The minimum Gasteiger partial charge on any atom is -0.493 e. The molecule has 26 heavy (non-hydrogen) atoms. The van der Waals surface area contributed by atoms with Crippen molar-refractivity contribution in [2.45, 2.75) is 37.8 Å². The normalized spacial score (nSPS) is 19.4. The first-order valence-electron chi connectivity index (χ1n) is 8.72. The first-order valence-corrected chi connectivity index (χ1v) is 8.72. The average Bonchev–Trinajstić information content (AvgIpc) is 2.69. The maximum Gasteiger partial charge on any atom is 0.258 e. The molecule has 1 heterocycles. The molecule has 1 aliphatic carbocycles. The number of para-hydroxylation sites is 2. The Bertz CT molecular complexity index is 703. The van der Waals surface area contributed by atoms with Crippen molar-refractivity contribution in [1.29, 1.82) is 0 Å². The lowest BCUT2D eigenvalue weighted by atomic mass is 9.93. The zero-order valence-electron chi connectivity index (χ0n) is 14.8. The molecule has 0 unspecified atom stereocenters. The fraction of sp³-hybridized carbons (Fsp3) is 0.421. The highest BCUT2D eigenvalue weighted by Crippen LogP contribution is 2.26. The first-order chi connectivity index (χ1) is 12.7. The van der Waals surface area contributed by atoms with Gasteiger partial charge in [-0.3, -0.25) is 9.78 Å². The lowest BCUT2D eigenvalue weighted by Gasteiger charge is -2.29. The Morgan fingerprint density at radius 2 is 1.92 bits per heavy atom. The van der Waals surface area contributed by atoms with Gasteiger partial charge in [-0.05, 0) is 37.8 Å². The van der Waals surface area contributed by atoms with Gasteiger partial charge in [-0.1, -0.05) is 12.1 Å². The van der Waals surface area contributed by atoms with Crippen LogP contribution >= 0.6 is 0 Å². The Morgan fingerprint density at radius 1 is 1.15 bits per heavy atom. The molecule has 1 saturated carbocycles. The molecule has 3 rings (SSSR count). The number of carbonyl (C=O) groups excluding carboxylic acids is 1. The van der Waals surface area contributed by atoms with Gasteiger partial charge in [0.2, 0.25) is 5.88 Å². The molecule has 138 valence electrons. The predicted molar refractivity (Wildman–Crippen MR) is 95.3 cm³/mol. The standard InChI is InChI=1S/C19H23N3O4/c1-24-16-4-2-3-5-17(16)25-13-18(23)22-14-6-8-15(9-7-14)26-19-12-20-10-11-21-19/h2-5,10-12,14-15H,6-9,13H2,1H3,(H,22,23). The molecule has 1 amide bonds. The number of ether oxygens (including phenoxy) is 3. The van der Waals surface area contributed by atoms with Crippen molar-refractivity contribution in [1.82, 2.24) is 15.3 Å². The predicted octanol–water partition coefficient (Wildman–Crippen LogP) is 2.37. The number of aromatic nitrogens is 2. The van der Waals surface area contributed by atoms with Crippen molar-refractivity contribution < 1.29 is 19.0 Å². The van der Waals surface area contributed by atoms with Crippen molar-refractivity contribution in [3.8, 4) is 17.4 Å². The maximum absolute atomic E-state index is 12.1. The van der Waals surface area contributed by atoms with Crippen molar-refractivity contribution in [2.24, 2.45) is 0 Å². The second kappa shape index (κ2) is 9.03. The molecular weight excluding hydrogens is 334 g/mol. The van der Waals surface area contributed by atoms with Gasteiger partial charge >= 0.3 is 0 Å². The topological polar surface area (TPSA) is 82.6 Å². The number of nitrogens with zero attached hydrogens (tertiary/aromatic N) is 2. The Kier molecular flexibility index (Phi) is 6.24. The summed E-state index contributed by atoms with van der Waals surface area (Å²) in [6.45, 7) is -0.0313. The molecule has 1 aliphatic rings. The SMILES string of the molecule is COc1ccccc1OCC(=O)NC1CCC(Oc2cnccn2)CC1. The molecule has 0 spiro atoms. The number of hydrogen-bond acceptors (Lipinski definition) is 6. The van der Waals surface area contributed by atoms with Gasteiger partial charge in [0.15, 0.2) is 18.1 Å². The summed E-state index contributed by atoms with van der Waals surface area (Å²) in [5.74, 6) is 1.59. The van der Waals surface area contributed by atoms with E-state index in [9.17, 15) is 4.79 Å². The van der Waals surface area contributed by atoms with Crippen LogP contribution in [0.4, 0.5) is 0 Å². The minimum atomic E-state index is -0.130. The Labute approximate surface area is 152 Å². The lowest BCUT2D eigenvalue weighted by molar-refractivity contribution is -0.124. The Balaban J connectivity index is 1.39. The quantitative estimate of drug-likeness (QED) is 0.819. The first kappa shape index (κ1) is 18.0. The number of nitrogens with one attached hydrogen (secondary N) is 1. The summed E-state index contributed by atoms with van der Waals surface area (Å²) in [5, 5.41) is 3.02. The largest absolute Gasteiger partial charge is 0.493 e. The van der Waals surface area contributed by atoms with Crippen LogP contribution in [0.25, 0.3) is 0 Å². The Hall–Kier alpha value is -2.83. The highest BCUT2D eigenvalue weighted by molar-refractivity contribution is 5.77. The van der Waals surface area contributed by atoms with E-state index in [0.29, 0.717) is 17.4 Å². The van der Waals surface area contributed by atoms with E-state index >= 15 is 0 Å². The van der Waals surface area contributed by atoms with Gasteiger partial charge in [0.1, 0.15) is 6.10 Å². The molecule has 1 aromatic heterocycles. The molecule has 7 heteroatoms. The minimum absolute atomic E-state index is 0.0313. The summed E-state index contributed by atoms with van der Waals surface area (Å²) in [6.07, 6.45) is 8.43. The zero-order valence-corrected chi connectivity index (χ0v) is 14.8. The molecular formula is C19H23N3O4. The van der Waals surface area contributed by atoms with Gasteiger partial charge in [0.05, 0.1) is 13.3 Å². The summed E-state index contributed by atoms with van der Waals surface area (Å²) in [4.78, 5) is 20.3. The zero-order chi connectivity index (χ0) is 18.2. The van der Waals surface area contributed by atoms with Gasteiger partial charge in [-0.2, -0.15) is 0 Å². The maximum atomic E-state index is 12.1. The van der Waals surface area contributed by atoms with Crippen molar-refractivity contribution >= 4 is 5.91 Å². The van der Waals surface area contributed by atoms with Crippen LogP contribution < -0.4 is 19.5 Å². The Morgan fingerprint density at radius 3 is 2.62 bits per heavy atom. The van der Waals surface area contributed by atoms with E-state index in [1.54, 1.807) is 37.8 Å². The average molecular weight is 357 g/mol. The van der Waals surface area contributed by atoms with Crippen LogP contribution in [0.15, 0.2) is 42.9 Å². The monoisotopic (exact) mass is 357 g/mol. The van der Waals surface area contributed by atoms with Gasteiger partial charge in [0, 0.05) is 18.4 Å². The molecule has 0 atom stereocenters. The third-order valence-corrected chi connectivity index (χ3v) is 4.29. The molecule has 1 N–H and O–H groups in total. The second-order valence-electron chi connectivity index (χ2n) is 6.14. The number of amides is 1. The van der Waals surface area contributed by atoms with Crippen LogP contribution in [-0.2, 0) is 4.79 Å². The third-order valence-electron chi connectivity index (χ3n) is 4.29. The smallest absolute Gasteiger partial charge is 0.258 e. The van der Waals surface area contributed by atoms with E-state index < -0.39 is 0 Å². The highest BCUT2D eigenvalue weighted by atomic mass is 16.5. The third kappa shape index (κ3) is 5.08. The van der Waals surface area contributed by atoms with Gasteiger partial charge in [-0.15, -0.1) is 0 Å². The van der Waals surface area contributed by atoms with Gasteiger partial charge < -0.3 is 19.5 Å². The molecule has 0 bridgehead atoms. The van der Waals surface area contributed by atoms with Gasteiger partial charge in [-0.25, -0.2) is 4.98 Å². The number of hydrogen-bond donors (Lipinski definition) is 1. The fourth-order valence-corrected chi connectivity index (χ4v) is 2.99. The number of benzene rings is 1. The highest BCUT2D eigenvalue weighted by Gasteiger charge is 2.24. The number of methoxy groups -OCH3 is 1. The van der Waals surface area contributed by atoms with Crippen LogP contribution in [0.1, 0.15) is 25.7 Å². The molecule has 0 aliphatic heterocycles. The van der Waals surface area contributed by atoms with Crippen molar-refractivity contribution in [2.75, 3.05) is 13.7 Å². The molecule has 0 saturated heterocycles. The van der Waals surface area contributed by atoms with Crippen molar-refractivity contribution in [3.05, 3.63) is 42.9 Å². The van der Waals surface area contributed by atoms with Crippen LogP contribution in [0, 0.1) is 0 Å². The van der Waals surface area contributed by atoms with E-state index in [4.69, 9.17) is 14.2 Å².